The fourth-order valence-corrected chi connectivity index (χ4v) is 2.65. The molecule has 4 heteroatoms. The molecule has 122 valence electrons. The Labute approximate surface area is 145 Å². The van der Waals surface area contributed by atoms with Gasteiger partial charge in [-0.05, 0) is 42.3 Å². The van der Waals surface area contributed by atoms with E-state index in [1.807, 2.05) is 12.1 Å². The maximum absolute atomic E-state index is 13.5. The first-order valence-corrected chi connectivity index (χ1v) is 7.76. The summed E-state index contributed by atoms with van der Waals surface area (Å²) in [7, 11) is 0. The molecule has 0 saturated heterocycles. The molecule has 0 spiro atoms. The van der Waals surface area contributed by atoms with E-state index in [0.717, 1.165) is 5.56 Å². The molecule has 0 unspecified atom stereocenters. The van der Waals surface area contributed by atoms with Crippen LogP contribution in [-0.4, -0.2) is 5.91 Å². The van der Waals surface area contributed by atoms with E-state index < -0.39 is 5.82 Å². The number of anilines is 1. The van der Waals surface area contributed by atoms with Gasteiger partial charge in [0, 0.05) is 16.8 Å². The van der Waals surface area contributed by atoms with E-state index in [4.69, 9.17) is 0 Å². The van der Waals surface area contributed by atoms with Crippen molar-refractivity contribution in [3.63, 3.8) is 0 Å². The van der Waals surface area contributed by atoms with Crippen molar-refractivity contribution >= 4 is 11.6 Å². The number of aryl methyl sites for hydroxylation is 1. The normalized spacial score (nSPS) is 10.1. The smallest absolute Gasteiger partial charge is 0.256 e. The van der Waals surface area contributed by atoms with E-state index in [1.54, 1.807) is 49.4 Å². The molecule has 0 aromatic heterocycles. The predicted octanol–water partition coefficient (Wildman–Crippen LogP) is 4.93. The minimum absolute atomic E-state index is 0.350. The van der Waals surface area contributed by atoms with Crippen LogP contribution in [0.3, 0.4) is 0 Å². The lowest BCUT2D eigenvalue weighted by atomic mass is 9.95. The van der Waals surface area contributed by atoms with Crippen LogP contribution in [-0.2, 0) is 0 Å². The van der Waals surface area contributed by atoms with Gasteiger partial charge < -0.3 is 5.32 Å². The monoisotopic (exact) mass is 330 g/mol. The first-order chi connectivity index (χ1) is 12.1. The Hall–Kier alpha value is -3.45. The minimum atomic E-state index is -0.413. The Balaban J connectivity index is 2.03. The molecule has 0 radical (unpaired) electrons. The number of carbonyl (C=O) groups excluding carboxylic acids is 1. The summed E-state index contributed by atoms with van der Waals surface area (Å²) in [5.74, 6) is -0.763. The van der Waals surface area contributed by atoms with Gasteiger partial charge >= 0.3 is 0 Å². The molecule has 3 nitrogen and oxygen atoms in total. The first-order valence-electron chi connectivity index (χ1n) is 7.76. The molecule has 3 rings (SSSR count). The van der Waals surface area contributed by atoms with Gasteiger partial charge in [0.15, 0.2) is 0 Å². The Morgan fingerprint density at radius 1 is 1.00 bits per heavy atom. The lowest BCUT2D eigenvalue weighted by Crippen LogP contribution is -2.14. The average Bonchev–Trinajstić information content (AvgIpc) is 2.64. The van der Waals surface area contributed by atoms with Gasteiger partial charge in [0.05, 0.1) is 11.6 Å². The van der Waals surface area contributed by atoms with Crippen LogP contribution in [0.1, 0.15) is 21.5 Å². The number of amides is 1. The quantitative estimate of drug-likeness (QED) is 0.740. The summed E-state index contributed by atoms with van der Waals surface area (Å²) in [6, 6.07) is 20.6. The molecule has 3 aromatic carbocycles. The van der Waals surface area contributed by atoms with Gasteiger partial charge in [0.1, 0.15) is 5.82 Å². The second-order valence-corrected chi connectivity index (χ2v) is 5.62. The number of benzene rings is 3. The predicted molar refractivity (Wildman–Crippen MR) is 95.7 cm³/mol. The van der Waals surface area contributed by atoms with Crippen molar-refractivity contribution in [1.82, 2.24) is 0 Å². The summed E-state index contributed by atoms with van der Waals surface area (Å²) in [5.41, 5.74) is 3.45. The molecular formula is C21H15FN2O. The van der Waals surface area contributed by atoms with E-state index >= 15 is 0 Å². The van der Waals surface area contributed by atoms with Crippen molar-refractivity contribution in [3.8, 4) is 17.2 Å². The molecule has 0 aliphatic carbocycles. The van der Waals surface area contributed by atoms with Crippen LogP contribution < -0.4 is 5.32 Å². The second kappa shape index (κ2) is 6.98. The molecule has 0 atom stereocenters. The number of rotatable bonds is 3. The largest absolute Gasteiger partial charge is 0.322 e. The number of nitrogens with one attached hydrogen (secondary N) is 1. The van der Waals surface area contributed by atoms with Gasteiger partial charge in [-0.3, -0.25) is 4.79 Å². The van der Waals surface area contributed by atoms with Crippen LogP contribution in [0.4, 0.5) is 10.1 Å². The van der Waals surface area contributed by atoms with Crippen LogP contribution in [0.2, 0.25) is 0 Å². The van der Waals surface area contributed by atoms with E-state index in [0.29, 0.717) is 27.9 Å². The fourth-order valence-electron chi connectivity index (χ4n) is 2.65. The number of nitrogens with zero attached hydrogens (tertiary/aromatic N) is 1. The highest BCUT2D eigenvalue weighted by Crippen LogP contribution is 2.28. The molecule has 0 bridgehead atoms. The second-order valence-electron chi connectivity index (χ2n) is 5.62. The highest BCUT2D eigenvalue weighted by Gasteiger charge is 2.15. The maximum atomic E-state index is 13.5. The fraction of sp³-hybridized carbons (Fsp3) is 0.0476. The number of hydrogen-bond donors (Lipinski definition) is 1. The third-order valence-electron chi connectivity index (χ3n) is 3.96. The number of carbonyl (C=O) groups is 1. The first kappa shape index (κ1) is 16.4. The summed E-state index contributed by atoms with van der Waals surface area (Å²) < 4.78 is 13.5. The van der Waals surface area contributed by atoms with Crippen LogP contribution in [0, 0.1) is 24.1 Å². The average molecular weight is 330 g/mol. The van der Waals surface area contributed by atoms with Crippen molar-refractivity contribution in [2.45, 2.75) is 6.92 Å². The molecule has 3 aromatic rings. The zero-order valence-corrected chi connectivity index (χ0v) is 13.6. The summed E-state index contributed by atoms with van der Waals surface area (Å²) in [6.07, 6.45) is 0. The summed E-state index contributed by atoms with van der Waals surface area (Å²) in [6.45, 7) is 1.80. The SMILES string of the molecule is Cc1ccc(F)cc1NC(=O)c1ccccc1-c1ccccc1C#N. The molecule has 1 N–H and O–H groups in total. The lowest BCUT2D eigenvalue weighted by molar-refractivity contribution is 0.102. The number of hydrogen-bond acceptors (Lipinski definition) is 2. The summed E-state index contributed by atoms with van der Waals surface area (Å²) in [4.78, 5) is 12.8. The molecule has 0 saturated carbocycles. The Morgan fingerprint density at radius 2 is 1.68 bits per heavy atom. The molecule has 0 fully saturated rings. The Bertz CT molecular complexity index is 989. The van der Waals surface area contributed by atoms with Gasteiger partial charge in [0.2, 0.25) is 0 Å². The van der Waals surface area contributed by atoms with Crippen molar-refractivity contribution in [2.75, 3.05) is 5.32 Å². The van der Waals surface area contributed by atoms with E-state index in [2.05, 4.69) is 11.4 Å². The van der Waals surface area contributed by atoms with Gasteiger partial charge in [0.25, 0.3) is 5.91 Å². The Morgan fingerprint density at radius 3 is 2.44 bits per heavy atom. The van der Waals surface area contributed by atoms with Gasteiger partial charge in [-0.15, -0.1) is 0 Å². The molecule has 0 heterocycles. The van der Waals surface area contributed by atoms with Gasteiger partial charge in [-0.25, -0.2) is 4.39 Å². The maximum Gasteiger partial charge on any atom is 0.256 e. The Kier molecular flexibility index (Phi) is 4.58. The number of nitriles is 1. The number of halogens is 1. The van der Waals surface area contributed by atoms with E-state index in [1.165, 1.54) is 12.1 Å². The molecule has 0 aliphatic heterocycles. The lowest BCUT2D eigenvalue weighted by Gasteiger charge is -2.13. The van der Waals surface area contributed by atoms with Crippen molar-refractivity contribution in [2.24, 2.45) is 0 Å². The third kappa shape index (κ3) is 3.41. The molecule has 1 amide bonds. The van der Waals surface area contributed by atoms with Crippen LogP contribution >= 0.6 is 0 Å². The minimum Gasteiger partial charge on any atom is -0.322 e. The van der Waals surface area contributed by atoms with Crippen molar-refractivity contribution in [3.05, 3.63) is 89.2 Å². The van der Waals surface area contributed by atoms with Gasteiger partial charge in [-0.1, -0.05) is 42.5 Å². The van der Waals surface area contributed by atoms with Gasteiger partial charge in [-0.2, -0.15) is 5.26 Å². The third-order valence-corrected chi connectivity index (χ3v) is 3.96. The topological polar surface area (TPSA) is 52.9 Å². The summed E-state index contributed by atoms with van der Waals surface area (Å²) >= 11 is 0. The van der Waals surface area contributed by atoms with E-state index in [9.17, 15) is 14.4 Å². The van der Waals surface area contributed by atoms with Crippen molar-refractivity contribution < 1.29 is 9.18 Å². The molecule has 0 aliphatic rings. The highest BCUT2D eigenvalue weighted by atomic mass is 19.1. The highest BCUT2D eigenvalue weighted by molar-refractivity contribution is 6.09. The standard InChI is InChI=1S/C21H15FN2O/c1-14-10-11-16(22)12-20(14)24-21(25)19-9-5-4-8-18(19)17-7-3-2-6-15(17)13-23/h2-12H,1H3,(H,24,25). The molecule has 25 heavy (non-hydrogen) atoms. The summed E-state index contributed by atoms with van der Waals surface area (Å²) in [5, 5.41) is 12.1. The zero-order valence-electron chi connectivity index (χ0n) is 13.6. The van der Waals surface area contributed by atoms with Crippen LogP contribution in [0.5, 0.6) is 0 Å². The van der Waals surface area contributed by atoms with Crippen molar-refractivity contribution in [1.29, 1.82) is 5.26 Å². The van der Waals surface area contributed by atoms with E-state index in [-0.39, 0.29) is 5.91 Å². The zero-order chi connectivity index (χ0) is 17.8. The van der Waals surface area contributed by atoms with Crippen LogP contribution in [0.15, 0.2) is 66.7 Å². The van der Waals surface area contributed by atoms with Crippen LogP contribution in [0.25, 0.3) is 11.1 Å². The molecular weight excluding hydrogens is 315 g/mol.